The Morgan fingerprint density at radius 3 is 2.67 bits per heavy atom. The fraction of sp³-hybridized carbons (Fsp3) is 0.400. The van der Waals surface area contributed by atoms with Gasteiger partial charge in [0.05, 0.1) is 0 Å². The Kier molecular flexibility index (Phi) is 8.58. The lowest BCUT2D eigenvalue weighted by atomic mass is 9.55. The van der Waals surface area contributed by atoms with Crippen molar-refractivity contribution in [2.75, 3.05) is 19.6 Å². The highest BCUT2D eigenvalue weighted by molar-refractivity contribution is 5.92. The number of fused-ring (bicyclic) bond motifs is 1. The van der Waals surface area contributed by atoms with Crippen LogP contribution in [0.1, 0.15) is 43.7 Å². The van der Waals surface area contributed by atoms with E-state index in [0.29, 0.717) is 50.9 Å². The predicted molar refractivity (Wildman–Crippen MR) is 143 cm³/mol. The molecule has 2 N–H and O–H groups in total. The van der Waals surface area contributed by atoms with E-state index in [4.69, 9.17) is 4.74 Å². The third-order valence-electron chi connectivity index (χ3n) is 7.69. The van der Waals surface area contributed by atoms with Crippen LogP contribution in [0, 0.1) is 0 Å². The number of rotatable bonds is 8. The van der Waals surface area contributed by atoms with Crippen molar-refractivity contribution in [1.29, 1.82) is 0 Å². The summed E-state index contributed by atoms with van der Waals surface area (Å²) in [7, 11) is 0. The normalized spacial score (nSPS) is 25.1. The van der Waals surface area contributed by atoms with Crippen molar-refractivity contribution in [3.63, 3.8) is 0 Å². The highest BCUT2D eigenvalue weighted by atomic mass is 19.4. The first-order valence-electron chi connectivity index (χ1n) is 13.1. The smallest absolute Gasteiger partial charge is 0.508 e. The number of benzene rings is 2. The summed E-state index contributed by atoms with van der Waals surface area (Å²) in [6.07, 6.45) is 1.83. The number of halogens is 3. The quantitative estimate of drug-likeness (QED) is 0.266. The summed E-state index contributed by atoms with van der Waals surface area (Å²) < 4.78 is 47.7. The van der Waals surface area contributed by atoms with Gasteiger partial charge in [-0.1, -0.05) is 30.3 Å². The number of nitrogens with one attached hydrogen (secondary N) is 1. The number of alkyl halides is 3. The highest BCUT2D eigenvalue weighted by Gasteiger charge is 2.60. The molecule has 7 nitrogen and oxygen atoms in total. The van der Waals surface area contributed by atoms with Crippen LogP contribution >= 0.6 is 0 Å². The van der Waals surface area contributed by atoms with E-state index in [1.807, 2.05) is 12.1 Å². The summed E-state index contributed by atoms with van der Waals surface area (Å²) in [5.41, 5.74) is -0.328. The standard InChI is InChI=1S/C30H33F3N2O5/c1-3-15-35-16-14-28(23-7-5-8-25(37)18-23)19-24(12-13-29(28,20-35)39-21(2)36)34-27(38)11-10-22-6-4-9-26(17-22)40-30(31,32)33/h3-11,17-18,24,37H,1,12-16,19-20H2,2H3,(H,34,38). The molecule has 1 heterocycles. The Morgan fingerprint density at radius 2 is 1.98 bits per heavy atom. The number of phenols is 1. The molecular weight excluding hydrogens is 525 g/mol. The molecule has 0 radical (unpaired) electrons. The van der Waals surface area contributed by atoms with Crippen molar-refractivity contribution in [3.05, 3.63) is 78.4 Å². The van der Waals surface area contributed by atoms with Crippen LogP contribution in [0.5, 0.6) is 11.5 Å². The second-order valence-electron chi connectivity index (χ2n) is 10.4. The molecule has 3 unspecified atom stereocenters. The van der Waals surface area contributed by atoms with Gasteiger partial charge in [-0.05, 0) is 73.7 Å². The van der Waals surface area contributed by atoms with E-state index in [1.54, 1.807) is 24.3 Å². The number of amides is 1. The molecule has 1 aliphatic carbocycles. The Bertz CT molecular complexity index is 1280. The van der Waals surface area contributed by atoms with Crippen molar-refractivity contribution >= 4 is 18.0 Å². The van der Waals surface area contributed by atoms with Gasteiger partial charge in [-0.3, -0.25) is 14.5 Å². The number of hydrogen-bond donors (Lipinski definition) is 2. The minimum Gasteiger partial charge on any atom is -0.508 e. The highest BCUT2D eigenvalue weighted by Crippen LogP contribution is 2.54. The van der Waals surface area contributed by atoms with Crippen molar-refractivity contribution in [3.8, 4) is 11.5 Å². The summed E-state index contributed by atoms with van der Waals surface area (Å²) in [5, 5.41) is 13.3. The number of nitrogens with zero attached hydrogens (tertiary/aromatic N) is 1. The van der Waals surface area contributed by atoms with E-state index in [0.717, 1.165) is 5.56 Å². The first-order valence-corrected chi connectivity index (χ1v) is 13.1. The van der Waals surface area contributed by atoms with Gasteiger partial charge in [-0.15, -0.1) is 19.8 Å². The Hall–Kier alpha value is -3.79. The third-order valence-corrected chi connectivity index (χ3v) is 7.69. The maximum Gasteiger partial charge on any atom is 0.573 e. The molecule has 0 spiro atoms. The summed E-state index contributed by atoms with van der Waals surface area (Å²) in [6.45, 7) is 7.07. The Labute approximate surface area is 231 Å². The zero-order chi connectivity index (χ0) is 29.0. The van der Waals surface area contributed by atoms with Crippen LogP contribution in [-0.4, -0.2) is 59.5 Å². The zero-order valence-corrected chi connectivity index (χ0v) is 22.2. The minimum absolute atomic E-state index is 0.1000. The van der Waals surface area contributed by atoms with Gasteiger partial charge in [-0.25, -0.2) is 0 Å². The monoisotopic (exact) mass is 558 g/mol. The average Bonchev–Trinajstić information content (AvgIpc) is 2.87. The summed E-state index contributed by atoms with van der Waals surface area (Å²) in [5.74, 6) is -1.07. The van der Waals surface area contributed by atoms with E-state index < -0.39 is 29.3 Å². The fourth-order valence-corrected chi connectivity index (χ4v) is 6.19. The number of ether oxygens (including phenoxy) is 2. The molecule has 1 aliphatic heterocycles. The lowest BCUT2D eigenvalue weighted by molar-refractivity contribution is -0.274. The number of phenolic OH excluding ortho intramolecular Hbond substituents is 1. The molecule has 10 heteroatoms. The van der Waals surface area contributed by atoms with Crippen molar-refractivity contribution in [2.45, 2.75) is 56.0 Å². The van der Waals surface area contributed by atoms with Gasteiger partial charge in [0.25, 0.3) is 0 Å². The van der Waals surface area contributed by atoms with E-state index in [-0.39, 0.29) is 17.5 Å². The minimum atomic E-state index is -4.81. The van der Waals surface area contributed by atoms with E-state index in [9.17, 15) is 27.9 Å². The third kappa shape index (κ3) is 6.67. The SMILES string of the molecule is C=CCN1CCC2(c3cccc(O)c3)CC(NC(=O)C=Cc3cccc(OC(F)(F)F)c3)CCC2(OC(C)=O)C1. The number of piperidine rings is 1. The molecule has 2 aliphatic rings. The molecule has 2 fully saturated rings. The van der Waals surface area contributed by atoms with E-state index in [1.165, 1.54) is 37.3 Å². The van der Waals surface area contributed by atoms with Gasteiger partial charge in [-0.2, -0.15) is 0 Å². The van der Waals surface area contributed by atoms with Crippen LogP contribution in [0.25, 0.3) is 6.08 Å². The van der Waals surface area contributed by atoms with Crippen molar-refractivity contribution in [2.24, 2.45) is 0 Å². The fourth-order valence-electron chi connectivity index (χ4n) is 6.19. The van der Waals surface area contributed by atoms with Crippen LogP contribution < -0.4 is 10.1 Å². The largest absolute Gasteiger partial charge is 0.573 e. The van der Waals surface area contributed by atoms with Crippen LogP contribution in [0.2, 0.25) is 0 Å². The average molecular weight is 559 g/mol. The zero-order valence-electron chi connectivity index (χ0n) is 22.2. The molecule has 2 aromatic carbocycles. The van der Waals surface area contributed by atoms with Gasteiger partial charge in [0.1, 0.15) is 17.1 Å². The first kappa shape index (κ1) is 29.2. The van der Waals surface area contributed by atoms with Gasteiger partial charge in [0.15, 0.2) is 0 Å². The Balaban J connectivity index is 1.57. The molecule has 1 saturated heterocycles. The van der Waals surface area contributed by atoms with Crippen molar-refractivity contribution in [1.82, 2.24) is 10.2 Å². The molecule has 0 aromatic heterocycles. The molecule has 4 rings (SSSR count). The van der Waals surface area contributed by atoms with Crippen LogP contribution in [0.3, 0.4) is 0 Å². The molecule has 1 saturated carbocycles. The number of hydrogen-bond acceptors (Lipinski definition) is 6. The lowest BCUT2D eigenvalue weighted by Crippen LogP contribution is -2.68. The lowest BCUT2D eigenvalue weighted by Gasteiger charge is -2.59. The molecule has 1 amide bonds. The van der Waals surface area contributed by atoms with E-state index in [2.05, 4.69) is 21.5 Å². The van der Waals surface area contributed by atoms with Gasteiger partial charge >= 0.3 is 12.3 Å². The first-order chi connectivity index (χ1) is 18.9. The summed E-state index contributed by atoms with van der Waals surface area (Å²) >= 11 is 0. The van der Waals surface area contributed by atoms with Crippen LogP contribution in [-0.2, 0) is 19.7 Å². The molecule has 3 atom stereocenters. The molecule has 0 bridgehead atoms. The van der Waals surface area contributed by atoms with Gasteiger partial charge in [0, 0.05) is 37.5 Å². The molecule has 40 heavy (non-hydrogen) atoms. The second kappa shape index (κ2) is 11.8. The summed E-state index contributed by atoms with van der Waals surface area (Å²) in [4.78, 5) is 27.5. The molecular formula is C30H33F3N2O5. The maximum absolute atomic E-state index is 12.9. The maximum atomic E-state index is 12.9. The van der Waals surface area contributed by atoms with Crippen LogP contribution in [0.4, 0.5) is 13.2 Å². The van der Waals surface area contributed by atoms with Crippen molar-refractivity contribution < 1.29 is 37.3 Å². The number of carbonyl (C=O) groups excluding carboxylic acids is 2. The number of carbonyl (C=O) groups is 2. The topological polar surface area (TPSA) is 88.1 Å². The number of esters is 1. The van der Waals surface area contributed by atoms with Crippen LogP contribution in [0.15, 0.2) is 67.3 Å². The van der Waals surface area contributed by atoms with Gasteiger partial charge in [0.2, 0.25) is 5.91 Å². The second-order valence-corrected chi connectivity index (χ2v) is 10.4. The predicted octanol–water partition coefficient (Wildman–Crippen LogP) is 5.10. The van der Waals surface area contributed by atoms with E-state index >= 15 is 0 Å². The molecule has 2 aromatic rings. The summed E-state index contributed by atoms with van der Waals surface area (Å²) in [6, 6.07) is 12.0. The number of likely N-dealkylation sites (tertiary alicyclic amines) is 1. The number of aromatic hydroxyl groups is 1. The van der Waals surface area contributed by atoms with Gasteiger partial charge < -0.3 is 19.9 Å². The molecule has 214 valence electrons. The Morgan fingerprint density at radius 1 is 1.20 bits per heavy atom.